The molecule has 0 radical (unpaired) electrons. The SMILES string of the molecule is CC(F)(F)c1ccc(C2=C(c3ccc(S(C)(=O)=O)cc3)CCC2)cc1. The van der Waals surface area contributed by atoms with Crippen molar-refractivity contribution in [2.75, 3.05) is 6.26 Å². The minimum absolute atomic E-state index is 0.00824. The average molecular weight is 362 g/mol. The molecule has 0 bridgehead atoms. The topological polar surface area (TPSA) is 34.1 Å². The molecule has 132 valence electrons. The Balaban J connectivity index is 1.97. The van der Waals surface area contributed by atoms with Crippen LogP contribution in [0.2, 0.25) is 0 Å². The van der Waals surface area contributed by atoms with Crippen LogP contribution in [-0.2, 0) is 15.8 Å². The molecular formula is C20H20F2O2S. The molecule has 1 aliphatic carbocycles. The summed E-state index contributed by atoms with van der Waals surface area (Å²) in [5.74, 6) is -2.84. The third-order valence-corrected chi connectivity index (χ3v) is 5.72. The third-order valence-electron chi connectivity index (χ3n) is 4.59. The second-order valence-corrected chi connectivity index (χ2v) is 8.59. The number of hydrogen-bond donors (Lipinski definition) is 0. The monoisotopic (exact) mass is 362 g/mol. The number of benzene rings is 2. The summed E-state index contributed by atoms with van der Waals surface area (Å²) in [5.41, 5.74) is 4.26. The minimum atomic E-state index is -3.21. The van der Waals surface area contributed by atoms with E-state index >= 15 is 0 Å². The van der Waals surface area contributed by atoms with Crippen molar-refractivity contribution in [2.45, 2.75) is 37.0 Å². The number of alkyl halides is 2. The molecule has 0 atom stereocenters. The van der Waals surface area contributed by atoms with Gasteiger partial charge in [-0.1, -0.05) is 36.4 Å². The lowest BCUT2D eigenvalue weighted by Crippen LogP contribution is -2.06. The molecule has 0 saturated carbocycles. The molecule has 1 aliphatic rings. The van der Waals surface area contributed by atoms with Crippen molar-refractivity contribution in [3.63, 3.8) is 0 Å². The van der Waals surface area contributed by atoms with Crippen LogP contribution in [0.25, 0.3) is 11.1 Å². The van der Waals surface area contributed by atoms with Gasteiger partial charge in [0.05, 0.1) is 4.90 Å². The number of halogens is 2. The molecule has 2 aromatic rings. The highest BCUT2D eigenvalue weighted by Crippen LogP contribution is 2.40. The summed E-state index contributed by atoms with van der Waals surface area (Å²) < 4.78 is 49.9. The van der Waals surface area contributed by atoms with Crippen LogP contribution in [-0.4, -0.2) is 14.7 Å². The Hall–Kier alpha value is -2.01. The average Bonchev–Trinajstić information content (AvgIpc) is 3.03. The van der Waals surface area contributed by atoms with Crippen LogP contribution in [0.15, 0.2) is 53.4 Å². The molecule has 0 aliphatic heterocycles. The lowest BCUT2D eigenvalue weighted by Gasteiger charge is -2.13. The van der Waals surface area contributed by atoms with Crippen molar-refractivity contribution in [1.82, 2.24) is 0 Å². The van der Waals surface area contributed by atoms with Gasteiger partial charge in [0.25, 0.3) is 5.92 Å². The maximum absolute atomic E-state index is 13.4. The first-order chi connectivity index (χ1) is 11.7. The summed E-state index contributed by atoms with van der Waals surface area (Å²) in [4.78, 5) is 0.297. The van der Waals surface area contributed by atoms with Crippen molar-refractivity contribution in [2.24, 2.45) is 0 Å². The lowest BCUT2D eigenvalue weighted by atomic mass is 9.96. The lowest BCUT2D eigenvalue weighted by molar-refractivity contribution is 0.0175. The van der Waals surface area contributed by atoms with E-state index in [-0.39, 0.29) is 5.56 Å². The summed E-state index contributed by atoms with van der Waals surface area (Å²) in [5, 5.41) is 0. The fourth-order valence-electron chi connectivity index (χ4n) is 3.25. The van der Waals surface area contributed by atoms with Crippen molar-refractivity contribution >= 4 is 21.0 Å². The predicted molar refractivity (Wildman–Crippen MR) is 96.2 cm³/mol. The fourth-order valence-corrected chi connectivity index (χ4v) is 3.88. The van der Waals surface area contributed by atoms with Crippen LogP contribution >= 0.6 is 0 Å². The molecule has 5 heteroatoms. The van der Waals surface area contributed by atoms with Crippen molar-refractivity contribution in [3.8, 4) is 0 Å². The van der Waals surface area contributed by atoms with E-state index in [1.807, 2.05) is 12.1 Å². The molecule has 0 saturated heterocycles. The van der Waals surface area contributed by atoms with E-state index in [0.717, 1.165) is 48.5 Å². The molecule has 0 heterocycles. The first kappa shape index (κ1) is 17.8. The van der Waals surface area contributed by atoms with E-state index in [1.54, 1.807) is 24.3 Å². The summed E-state index contributed by atoms with van der Waals surface area (Å²) in [6.07, 6.45) is 3.99. The van der Waals surface area contributed by atoms with Gasteiger partial charge in [0.15, 0.2) is 9.84 Å². The smallest absolute Gasteiger partial charge is 0.224 e. The molecule has 0 spiro atoms. The van der Waals surface area contributed by atoms with Crippen LogP contribution in [0, 0.1) is 0 Å². The van der Waals surface area contributed by atoms with Gasteiger partial charge in [-0.05, 0) is 53.7 Å². The number of rotatable bonds is 4. The Morgan fingerprint density at radius 2 is 1.28 bits per heavy atom. The third kappa shape index (κ3) is 3.82. The second-order valence-electron chi connectivity index (χ2n) is 6.57. The number of hydrogen-bond acceptors (Lipinski definition) is 2. The van der Waals surface area contributed by atoms with Crippen molar-refractivity contribution < 1.29 is 17.2 Å². The van der Waals surface area contributed by atoms with E-state index in [1.165, 1.54) is 18.4 Å². The molecule has 2 aromatic carbocycles. The van der Waals surface area contributed by atoms with Crippen LogP contribution < -0.4 is 0 Å². The highest BCUT2D eigenvalue weighted by atomic mass is 32.2. The molecule has 3 rings (SSSR count). The van der Waals surface area contributed by atoms with Crippen molar-refractivity contribution in [3.05, 3.63) is 65.2 Å². The fraction of sp³-hybridized carbons (Fsp3) is 0.300. The van der Waals surface area contributed by atoms with Crippen LogP contribution in [0.1, 0.15) is 42.9 Å². The first-order valence-corrected chi connectivity index (χ1v) is 10.1. The van der Waals surface area contributed by atoms with Gasteiger partial charge in [0, 0.05) is 18.7 Å². The van der Waals surface area contributed by atoms with E-state index in [9.17, 15) is 17.2 Å². The van der Waals surface area contributed by atoms with Crippen LogP contribution in [0.3, 0.4) is 0 Å². The standard InChI is InChI=1S/C20H20F2O2S/c1-20(21,22)16-10-6-14(7-11-16)18-4-3-5-19(18)15-8-12-17(13-9-15)25(2,23)24/h6-13H,3-5H2,1-2H3. The summed E-state index contributed by atoms with van der Waals surface area (Å²) in [6.45, 7) is 0.894. The van der Waals surface area contributed by atoms with E-state index in [4.69, 9.17) is 0 Å². The molecular weight excluding hydrogens is 342 g/mol. The van der Waals surface area contributed by atoms with E-state index in [2.05, 4.69) is 0 Å². The molecule has 0 fully saturated rings. The van der Waals surface area contributed by atoms with Crippen LogP contribution in [0.5, 0.6) is 0 Å². The summed E-state index contributed by atoms with van der Waals surface area (Å²) in [7, 11) is -3.21. The minimum Gasteiger partial charge on any atom is -0.224 e. The Bertz CT molecular complexity index is 904. The predicted octanol–water partition coefficient (Wildman–Crippen LogP) is 5.30. The molecule has 2 nitrogen and oxygen atoms in total. The number of sulfone groups is 1. The molecule has 25 heavy (non-hydrogen) atoms. The Labute approximate surface area is 147 Å². The largest absolute Gasteiger partial charge is 0.270 e. The zero-order valence-corrected chi connectivity index (χ0v) is 15.0. The van der Waals surface area contributed by atoms with Gasteiger partial charge in [-0.2, -0.15) is 0 Å². The zero-order chi connectivity index (χ0) is 18.2. The maximum atomic E-state index is 13.4. The Kier molecular flexibility index (Phi) is 4.54. The molecule has 0 aromatic heterocycles. The first-order valence-electron chi connectivity index (χ1n) is 8.17. The van der Waals surface area contributed by atoms with E-state index in [0.29, 0.717) is 4.90 Å². The van der Waals surface area contributed by atoms with Gasteiger partial charge in [0.2, 0.25) is 0 Å². The van der Waals surface area contributed by atoms with E-state index < -0.39 is 15.8 Å². The Morgan fingerprint density at radius 3 is 1.68 bits per heavy atom. The maximum Gasteiger partial charge on any atom is 0.270 e. The van der Waals surface area contributed by atoms with Gasteiger partial charge in [-0.25, -0.2) is 17.2 Å². The molecule has 0 N–H and O–H groups in total. The normalized spacial score (nSPS) is 15.7. The number of allylic oxidation sites excluding steroid dienone is 2. The summed E-state index contributed by atoms with van der Waals surface area (Å²) >= 11 is 0. The van der Waals surface area contributed by atoms with Crippen molar-refractivity contribution in [1.29, 1.82) is 0 Å². The quantitative estimate of drug-likeness (QED) is 0.740. The highest BCUT2D eigenvalue weighted by molar-refractivity contribution is 7.90. The van der Waals surface area contributed by atoms with Gasteiger partial charge in [-0.15, -0.1) is 0 Å². The second kappa shape index (κ2) is 6.37. The Morgan fingerprint density at radius 1 is 0.840 bits per heavy atom. The van der Waals surface area contributed by atoms with Gasteiger partial charge >= 0.3 is 0 Å². The zero-order valence-electron chi connectivity index (χ0n) is 14.2. The molecule has 0 amide bonds. The van der Waals surface area contributed by atoms with Crippen LogP contribution in [0.4, 0.5) is 8.78 Å². The van der Waals surface area contributed by atoms with Gasteiger partial charge < -0.3 is 0 Å². The molecule has 0 unspecified atom stereocenters. The highest BCUT2D eigenvalue weighted by Gasteiger charge is 2.24. The van der Waals surface area contributed by atoms with Gasteiger partial charge in [-0.3, -0.25) is 0 Å². The summed E-state index contributed by atoms with van der Waals surface area (Å²) in [6, 6.07) is 13.3. The van der Waals surface area contributed by atoms with Gasteiger partial charge in [0.1, 0.15) is 0 Å².